The maximum absolute atomic E-state index is 12.7. The molecule has 0 fully saturated rings. The van der Waals surface area contributed by atoms with Gasteiger partial charge in [-0.1, -0.05) is 6.07 Å². The van der Waals surface area contributed by atoms with Crippen LogP contribution >= 0.6 is 0 Å². The first-order valence-electron chi connectivity index (χ1n) is 8.91. The number of nitrogens with zero attached hydrogens (tertiary/aromatic N) is 2. The molecule has 0 unspecified atom stereocenters. The highest BCUT2D eigenvalue weighted by Crippen LogP contribution is 2.20. The number of hydrogen-bond donors (Lipinski definition) is 1. The monoisotopic (exact) mass is 415 g/mol. The van der Waals surface area contributed by atoms with E-state index in [0.717, 1.165) is 17.0 Å². The number of nitro groups is 1. The van der Waals surface area contributed by atoms with Crippen LogP contribution in [0.3, 0.4) is 0 Å². The summed E-state index contributed by atoms with van der Waals surface area (Å²) in [5, 5.41) is 13.8. The summed E-state index contributed by atoms with van der Waals surface area (Å²) < 4.78 is 9.93. The zero-order chi connectivity index (χ0) is 22.3. The summed E-state index contributed by atoms with van der Waals surface area (Å²) >= 11 is 0. The molecule has 0 bridgehead atoms. The number of non-ortho nitro benzene ring substituents is 1. The quantitative estimate of drug-likeness (QED) is 0.398. The van der Waals surface area contributed by atoms with E-state index in [0.29, 0.717) is 11.4 Å². The molecule has 10 heteroatoms. The van der Waals surface area contributed by atoms with Gasteiger partial charge in [-0.3, -0.25) is 19.7 Å². The van der Waals surface area contributed by atoms with Crippen LogP contribution in [0, 0.1) is 10.1 Å². The van der Waals surface area contributed by atoms with Gasteiger partial charge in [0.2, 0.25) is 5.91 Å². The minimum Gasteiger partial charge on any atom is -0.497 e. The third-order valence-electron chi connectivity index (χ3n) is 3.97. The van der Waals surface area contributed by atoms with E-state index in [4.69, 9.17) is 9.47 Å². The molecular weight excluding hydrogens is 394 g/mol. The van der Waals surface area contributed by atoms with Crippen molar-refractivity contribution in [2.45, 2.75) is 6.92 Å². The lowest BCUT2D eigenvalue weighted by Gasteiger charge is -2.17. The Kier molecular flexibility index (Phi) is 7.45. The van der Waals surface area contributed by atoms with Crippen molar-refractivity contribution < 1.29 is 28.8 Å². The SMILES string of the molecule is CCOC(=O)c1cc(C(=O)N(C)CC(=O)Nc2cccc(OC)c2)cc([N+](=O)[O-])c1. The van der Waals surface area contributed by atoms with E-state index in [2.05, 4.69) is 5.32 Å². The summed E-state index contributed by atoms with van der Waals surface area (Å²) in [5.74, 6) is -1.37. The predicted molar refractivity (Wildman–Crippen MR) is 108 cm³/mol. The number of methoxy groups -OCH3 is 1. The average Bonchev–Trinajstić information content (AvgIpc) is 2.72. The molecule has 0 atom stereocenters. The van der Waals surface area contributed by atoms with Gasteiger partial charge in [-0.25, -0.2) is 4.79 Å². The second kappa shape index (κ2) is 10.0. The molecule has 158 valence electrons. The Morgan fingerprint density at radius 2 is 1.83 bits per heavy atom. The van der Waals surface area contributed by atoms with Gasteiger partial charge in [-0.2, -0.15) is 0 Å². The zero-order valence-electron chi connectivity index (χ0n) is 16.7. The molecule has 0 aromatic heterocycles. The number of nitrogens with one attached hydrogen (secondary N) is 1. The number of likely N-dealkylation sites (N-methyl/N-ethyl adjacent to an activating group) is 1. The fourth-order valence-electron chi connectivity index (χ4n) is 2.58. The van der Waals surface area contributed by atoms with Crippen LogP contribution in [0.1, 0.15) is 27.6 Å². The molecule has 1 N–H and O–H groups in total. The van der Waals surface area contributed by atoms with E-state index in [1.165, 1.54) is 20.2 Å². The van der Waals surface area contributed by atoms with Crippen LogP contribution in [0.15, 0.2) is 42.5 Å². The van der Waals surface area contributed by atoms with Gasteiger partial charge in [0.05, 0.1) is 30.7 Å². The van der Waals surface area contributed by atoms with Crippen molar-refractivity contribution in [1.82, 2.24) is 4.90 Å². The molecule has 2 aromatic rings. The highest BCUT2D eigenvalue weighted by molar-refractivity contribution is 6.01. The molecule has 30 heavy (non-hydrogen) atoms. The fourth-order valence-corrected chi connectivity index (χ4v) is 2.58. The van der Waals surface area contributed by atoms with Crippen molar-refractivity contribution in [3.63, 3.8) is 0 Å². The van der Waals surface area contributed by atoms with Crippen LogP contribution in [-0.2, 0) is 9.53 Å². The van der Waals surface area contributed by atoms with Gasteiger partial charge in [0, 0.05) is 36.5 Å². The Labute approximate surface area is 172 Å². The van der Waals surface area contributed by atoms with Crippen molar-refractivity contribution in [3.8, 4) is 5.75 Å². The molecule has 0 heterocycles. The summed E-state index contributed by atoms with van der Waals surface area (Å²) in [7, 11) is 2.87. The summed E-state index contributed by atoms with van der Waals surface area (Å²) in [5.41, 5.74) is -0.175. The van der Waals surface area contributed by atoms with Crippen LogP contribution < -0.4 is 10.1 Å². The Morgan fingerprint density at radius 1 is 1.13 bits per heavy atom. The minimum atomic E-state index is -0.784. The number of carbonyl (C=O) groups is 3. The van der Waals surface area contributed by atoms with E-state index in [1.54, 1.807) is 31.2 Å². The first kappa shape index (κ1) is 22.3. The van der Waals surface area contributed by atoms with Gasteiger partial charge < -0.3 is 19.7 Å². The lowest BCUT2D eigenvalue weighted by atomic mass is 10.1. The van der Waals surface area contributed by atoms with E-state index in [1.807, 2.05) is 0 Å². The Hall–Kier alpha value is -3.95. The molecule has 10 nitrogen and oxygen atoms in total. The van der Waals surface area contributed by atoms with E-state index < -0.39 is 28.4 Å². The van der Waals surface area contributed by atoms with Crippen molar-refractivity contribution >= 4 is 29.2 Å². The minimum absolute atomic E-state index is 0.0785. The van der Waals surface area contributed by atoms with Gasteiger partial charge in [0.25, 0.3) is 11.6 Å². The average molecular weight is 415 g/mol. The lowest BCUT2D eigenvalue weighted by Crippen LogP contribution is -2.35. The molecule has 0 aliphatic rings. The van der Waals surface area contributed by atoms with E-state index in [9.17, 15) is 24.5 Å². The highest BCUT2D eigenvalue weighted by atomic mass is 16.6. The zero-order valence-corrected chi connectivity index (χ0v) is 16.7. The molecule has 0 radical (unpaired) electrons. The van der Waals surface area contributed by atoms with Gasteiger partial charge >= 0.3 is 5.97 Å². The second-order valence-corrected chi connectivity index (χ2v) is 6.19. The summed E-state index contributed by atoms with van der Waals surface area (Å²) in [6.45, 7) is 1.36. The number of ether oxygens (including phenoxy) is 2. The first-order chi connectivity index (χ1) is 14.2. The molecular formula is C20H21N3O7. The number of anilines is 1. The van der Waals surface area contributed by atoms with Crippen LogP contribution in [-0.4, -0.2) is 54.9 Å². The number of benzene rings is 2. The van der Waals surface area contributed by atoms with E-state index in [-0.39, 0.29) is 24.3 Å². The van der Waals surface area contributed by atoms with Crippen LogP contribution in [0.5, 0.6) is 5.75 Å². The molecule has 2 rings (SSSR count). The Balaban J connectivity index is 2.16. The van der Waals surface area contributed by atoms with Gasteiger partial charge in [0.15, 0.2) is 0 Å². The molecule has 2 amide bonds. The summed E-state index contributed by atoms with van der Waals surface area (Å²) in [6, 6.07) is 9.97. The van der Waals surface area contributed by atoms with Gasteiger partial charge in [-0.15, -0.1) is 0 Å². The molecule has 0 aliphatic carbocycles. The number of esters is 1. The number of nitro benzene ring substituents is 1. The number of carbonyl (C=O) groups excluding carboxylic acids is 3. The third-order valence-corrected chi connectivity index (χ3v) is 3.97. The topological polar surface area (TPSA) is 128 Å². The maximum Gasteiger partial charge on any atom is 0.338 e. The normalized spacial score (nSPS) is 10.1. The Morgan fingerprint density at radius 3 is 2.47 bits per heavy atom. The molecule has 2 aromatic carbocycles. The van der Waals surface area contributed by atoms with Crippen molar-refractivity contribution in [3.05, 3.63) is 63.7 Å². The number of hydrogen-bond acceptors (Lipinski definition) is 7. The largest absolute Gasteiger partial charge is 0.497 e. The molecule has 0 spiro atoms. The standard InChI is InChI=1S/C20H21N3O7/c1-4-30-20(26)14-8-13(9-16(10-14)23(27)28)19(25)22(2)12-18(24)21-15-6-5-7-17(11-15)29-3/h5-11H,4,12H2,1-3H3,(H,21,24). The molecule has 0 saturated carbocycles. The number of rotatable bonds is 8. The van der Waals surface area contributed by atoms with Gasteiger partial charge in [-0.05, 0) is 25.1 Å². The second-order valence-electron chi connectivity index (χ2n) is 6.19. The summed E-state index contributed by atoms with van der Waals surface area (Å²) in [6.07, 6.45) is 0. The van der Waals surface area contributed by atoms with E-state index >= 15 is 0 Å². The Bertz CT molecular complexity index is 975. The smallest absolute Gasteiger partial charge is 0.338 e. The number of amides is 2. The van der Waals surface area contributed by atoms with Crippen molar-refractivity contribution in [2.24, 2.45) is 0 Å². The van der Waals surface area contributed by atoms with Crippen molar-refractivity contribution in [1.29, 1.82) is 0 Å². The molecule has 0 aliphatic heterocycles. The van der Waals surface area contributed by atoms with Crippen molar-refractivity contribution in [2.75, 3.05) is 32.6 Å². The lowest BCUT2D eigenvalue weighted by molar-refractivity contribution is -0.384. The molecule has 0 saturated heterocycles. The predicted octanol–water partition coefficient (Wildman–Crippen LogP) is 2.49. The van der Waals surface area contributed by atoms with Crippen LogP contribution in [0.2, 0.25) is 0 Å². The first-order valence-corrected chi connectivity index (χ1v) is 8.91. The third kappa shape index (κ3) is 5.77. The maximum atomic E-state index is 12.7. The highest BCUT2D eigenvalue weighted by Gasteiger charge is 2.22. The summed E-state index contributed by atoms with van der Waals surface area (Å²) in [4.78, 5) is 48.4. The van der Waals surface area contributed by atoms with Crippen LogP contribution in [0.4, 0.5) is 11.4 Å². The van der Waals surface area contributed by atoms with Crippen LogP contribution in [0.25, 0.3) is 0 Å². The fraction of sp³-hybridized carbons (Fsp3) is 0.250. The van der Waals surface area contributed by atoms with Gasteiger partial charge in [0.1, 0.15) is 5.75 Å².